The number of rotatable bonds is 2. The smallest absolute Gasteiger partial charge is 0.308 e. The molecule has 1 aromatic carbocycles. The van der Waals surface area contributed by atoms with Crippen LogP contribution in [0.4, 0.5) is 0 Å². The largest absolute Gasteiger partial charge is 0.508 e. The fourth-order valence-electron chi connectivity index (χ4n) is 7.76. The molecule has 0 spiro atoms. The summed E-state index contributed by atoms with van der Waals surface area (Å²) in [5.41, 5.74) is 0.646. The molecule has 5 aliphatic rings. The van der Waals surface area contributed by atoms with Crippen molar-refractivity contribution in [2.75, 3.05) is 6.61 Å². The molecule has 0 aromatic heterocycles. The van der Waals surface area contributed by atoms with Crippen LogP contribution in [-0.2, 0) is 30.8 Å². The average molecular weight is 525 g/mol. The maximum Gasteiger partial charge on any atom is 0.308 e. The van der Waals surface area contributed by atoms with Gasteiger partial charge in [0.2, 0.25) is 5.78 Å². The molecule has 8 nitrogen and oxygen atoms in total. The van der Waals surface area contributed by atoms with Gasteiger partial charge in [0.25, 0.3) is 0 Å². The second-order valence-corrected chi connectivity index (χ2v) is 13.0. The zero-order valence-electron chi connectivity index (χ0n) is 22.8. The number of hydrogen-bond acceptors (Lipinski definition) is 8. The van der Waals surface area contributed by atoms with Crippen LogP contribution < -0.4 is 0 Å². The van der Waals surface area contributed by atoms with Gasteiger partial charge in [0.15, 0.2) is 17.8 Å². The number of ketones is 2. The highest BCUT2D eigenvalue weighted by Crippen LogP contribution is 2.57. The number of carbonyl (C=O) groups excluding carboxylic acids is 3. The summed E-state index contributed by atoms with van der Waals surface area (Å²) in [5.74, 6) is -1.72. The van der Waals surface area contributed by atoms with E-state index in [-0.39, 0.29) is 82.5 Å². The van der Waals surface area contributed by atoms with Crippen LogP contribution in [-0.4, -0.2) is 52.4 Å². The first-order valence-electron chi connectivity index (χ1n) is 13.7. The number of Topliss-reactive ketones (excluding diaryl/α,β-unsaturated/α-hetero) is 2. The van der Waals surface area contributed by atoms with E-state index in [1.54, 1.807) is 13.8 Å². The Hall–Kier alpha value is -2.71. The summed E-state index contributed by atoms with van der Waals surface area (Å²) in [7, 11) is 0. The van der Waals surface area contributed by atoms with Gasteiger partial charge in [-0.25, -0.2) is 0 Å². The molecule has 2 N–H and O–H groups in total. The summed E-state index contributed by atoms with van der Waals surface area (Å²) < 4.78 is 17.7. The van der Waals surface area contributed by atoms with Gasteiger partial charge in [-0.15, -0.1) is 0 Å². The third-order valence-corrected chi connectivity index (χ3v) is 9.89. The second-order valence-electron chi connectivity index (χ2n) is 13.0. The summed E-state index contributed by atoms with van der Waals surface area (Å²) in [6, 6.07) is 1.42. The molecule has 6 rings (SSSR count). The van der Waals surface area contributed by atoms with Crippen LogP contribution in [0.2, 0.25) is 0 Å². The van der Waals surface area contributed by atoms with Crippen molar-refractivity contribution in [1.82, 2.24) is 0 Å². The van der Waals surface area contributed by atoms with Crippen LogP contribution in [0, 0.1) is 29.6 Å². The Morgan fingerprint density at radius 2 is 1.84 bits per heavy atom. The number of allylic oxidation sites excluding steroid dienone is 2. The van der Waals surface area contributed by atoms with Crippen molar-refractivity contribution in [3.8, 4) is 5.75 Å². The van der Waals surface area contributed by atoms with E-state index in [9.17, 15) is 24.6 Å². The SMILES string of the molecule is CC(C)C(=O)OC1CC2C(CC1C)C1=C(OC2(C)C)C(=O)c2c(cc(O)c3c2CC2C(O)OCC32C)C1=O. The van der Waals surface area contributed by atoms with Crippen molar-refractivity contribution >= 4 is 17.5 Å². The molecule has 7 atom stereocenters. The average Bonchev–Trinajstić information content (AvgIpc) is 3.29. The zero-order valence-corrected chi connectivity index (χ0v) is 22.8. The summed E-state index contributed by atoms with van der Waals surface area (Å²) in [6.07, 6.45) is 0.162. The van der Waals surface area contributed by atoms with Gasteiger partial charge < -0.3 is 24.4 Å². The number of aliphatic hydroxyl groups excluding tert-OH is 1. The number of benzene rings is 1. The molecule has 8 heteroatoms. The molecule has 2 heterocycles. The monoisotopic (exact) mass is 524 g/mol. The molecule has 3 aliphatic carbocycles. The molecule has 1 saturated carbocycles. The van der Waals surface area contributed by atoms with Gasteiger partial charge >= 0.3 is 5.97 Å². The van der Waals surface area contributed by atoms with E-state index in [0.29, 0.717) is 36.0 Å². The van der Waals surface area contributed by atoms with Gasteiger partial charge in [0.05, 0.1) is 12.5 Å². The van der Waals surface area contributed by atoms with E-state index in [4.69, 9.17) is 14.2 Å². The number of fused-ring (bicyclic) bond motifs is 7. The number of ether oxygens (including phenoxy) is 3. The Morgan fingerprint density at radius 3 is 2.53 bits per heavy atom. The third kappa shape index (κ3) is 3.32. The number of aliphatic hydroxyl groups is 1. The highest BCUT2D eigenvalue weighted by molar-refractivity contribution is 6.27. The fraction of sp³-hybridized carbons (Fsp3) is 0.633. The van der Waals surface area contributed by atoms with Crippen LogP contribution in [0.1, 0.15) is 86.2 Å². The van der Waals surface area contributed by atoms with E-state index < -0.39 is 17.3 Å². The highest BCUT2D eigenvalue weighted by atomic mass is 16.6. The van der Waals surface area contributed by atoms with Gasteiger partial charge in [-0.05, 0) is 56.6 Å². The molecule has 0 radical (unpaired) electrons. The lowest BCUT2D eigenvalue weighted by atomic mass is 9.61. The van der Waals surface area contributed by atoms with Gasteiger partial charge in [0.1, 0.15) is 17.5 Å². The minimum Gasteiger partial charge on any atom is -0.508 e. The zero-order chi connectivity index (χ0) is 27.5. The van der Waals surface area contributed by atoms with Gasteiger partial charge in [-0.2, -0.15) is 0 Å². The van der Waals surface area contributed by atoms with Crippen LogP contribution in [0.5, 0.6) is 5.75 Å². The lowest BCUT2D eigenvalue weighted by Crippen LogP contribution is -2.53. The van der Waals surface area contributed by atoms with Crippen molar-refractivity contribution in [2.45, 2.75) is 84.2 Å². The molecule has 0 bridgehead atoms. The molecule has 1 aromatic rings. The highest BCUT2D eigenvalue weighted by Gasteiger charge is 2.58. The Labute approximate surface area is 222 Å². The first-order chi connectivity index (χ1) is 17.8. The lowest BCUT2D eigenvalue weighted by molar-refractivity contribution is -0.164. The maximum absolute atomic E-state index is 14.1. The molecule has 204 valence electrons. The standard InChI is InChI=1S/C30H36O8/c1-12(2)27(34)37-20-10-17-14(7-13(20)3)22-24(32)16-9-19(31)23-15(8-18-28(35)36-11-30(18,23)6)21(16)25(33)26(22)38-29(17,4)5/h9,12-14,17-18,20,28,31,35H,7-8,10-11H2,1-6H3. The van der Waals surface area contributed by atoms with E-state index in [0.717, 1.165) is 0 Å². The molecule has 2 aliphatic heterocycles. The first-order valence-corrected chi connectivity index (χ1v) is 13.7. The van der Waals surface area contributed by atoms with Crippen molar-refractivity contribution in [3.05, 3.63) is 39.7 Å². The van der Waals surface area contributed by atoms with E-state index in [2.05, 4.69) is 0 Å². The Balaban J connectivity index is 1.42. The van der Waals surface area contributed by atoms with E-state index >= 15 is 0 Å². The number of phenolic OH excluding ortho intramolecular Hbond substituents is 1. The van der Waals surface area contributed by atoms with Crippen LogP contribution in [0.3, 0.4) is 0 Å². The maximum atomic E-state index is 14.1. The number of aromatic hydroxyl groups is 1. The van der Waals surface area contributed by atoms with E-state index in [1.807, 2.05) is 27.7 Å². The Kier molecular flexibility index (Phi) is 5.48. The van der Waals surface area contributed by atoms with Crippen LogP contribution in [0.15, 0.2) is 17.4 Å². The second kappa shape index (κ2) is 8.15. The van der Waals surface area contributed by atoms with Crippen molar-refractivity contribution in [1.29, 1.82) is 0 Å². The summed E-state index contributed by atoms with van der Waals surface area (Å²) in [6.45, 7) is 11.6. The molecule has 0 amide bonds. The topological polar surface area (TPSA) is 119 Å². The predicted octanol–water partition coefficient (Wildman–Crippen LogP) is 3.84. The van der Waals surface area contributed by atoms with E-state index in [1.165, 1.54) is 6.07 Å². The minimum absolute atomic E-state index is 0.000124. The third-order valence-electron chi connectivity index (χ3n) is 9.89. The number of esters is 1. The Morgan fingerprint density at radius 1 is 1.13 bits per heavy atom. The molecule has 7 unspecified atom stereocenters. The normalized spacial score (nSPS) is 36.7. The molecular weight excluding hydrogens is 488 g/mol. The predicted molar refractivity (Wildman–Crippen MR) is 136 cm³/mol. The fourth-order valence-corrected chi connectivity index (χ4v) is 7.76. The number of phenols is 1. The van der Waals surface area contributed by atoms with Crippen molar-refractivity contribution < 1.29 is 38.8 Å². The minimum atomic E-state index is -1.00. The lowest BCUT2D eigenvalue weighted by Gasteiger charge is -2.51. The molecular formula is C30H36O8. The molecule has 2 fully saturated rings. The van der Waals surface area contributed by atoms with Crippen LogP contribution >= 0.6 is 0 Å². The Bertz CT molecular complexity index is 1310. The summed E-state index contributed by atoms with van der Waals surface area (Å²) in [4.78, 5) is 40.6. The number of carbonyl (C=O) groups is 3. The van der Waals surface area contributed by atoms with Crippen LogP contribution in [0.25, 0.3) is 0 Å². The molecule has 38 heavy (non-hydrogen) atoms. The summed E-state index contributed by atoms with van der Waals surface area (Å²) >= 11 is 0. The van der Waals surface area contributed by atoms with Gasteiger partial charge in [0, 0.05) is 39.5 Å². The van der Waals surface area contributed by atoms with Gasteiger partial charge in [-0.3, -0.25) is 14.4 Å². The quantitative estimate of drug-likeness (QED) is 0.560. The summed E-state index contributed by atoms with van der Waals surface area (Å²) in [5, 5.41) is 21.6. The van der Waals surface area contributed by atoms with Crippen molar-refractivity contribution in [3.63, 3.8) is 0 Å². The number of hydrogen-bond donors (Lipinski definition) is 2. The first kappa shape index (κ1) is 25.6. The van der Waals surface area contributed by atoms with Gasteiger partial charge in [-0.1, -0.05) is 27.7 Å². The molecule has 1 saturated heterocycles. The van der Waals surface area contributed by atoms with Crippen molar-refractivity contribution in [2.24, 2.45) is 29.6 Å².